The molecule has 132 valence electrons. The van der Waals surface area contributed by atoms with Crippen molar-refractivity contribution in [3.63, 3.8) is 0 Å². The van der Waals surface area contributed by atoms with E-state index in [1.807, 2.05) is 19.4 Å². The second kappa shape index (κ2) is 7.75. The van der Waals surface area contributed by atoms with Crippen LogP contribution < -0.4 is 0 Å². The van der Waals surface area contributed by atoms with E-state index in [1.54, 1.807) is 38.5 Å². The topological polar surface area (TPSA) is 0 Å². The lowest BCUT2D eigenvalue weighted by Crippen LogP contribution is -2.46. The third-order valence-corrected chi connectivity index (χ3v) is 8.00. The Labute approximate surface area is 145 Å². The monoisotopic (exact) mass is 316 g/mol. The minimum Gasteiger partial charge on any atom is -0.0882 e. The molecule has 4 aliphatic rings. The molecule has 0 aliphatic heterocycles. The van der Waals surface area contributed by atoms with Gasteiger partial charge in [0.2, 0.25) is 0 Å². The molecule has 4 fully saturated rings. The highest BCUT2D eigenvalue weighted by Gasteiger charge is 2.49. The molecule has 0 heterocycles. The van der Waals surface area contributed by atoms with Gasteiger partial charge in [0.05, 0.1) is 0 Å². The van der Waals surface area contributed by atoms with Gasteiger partial charge in [-0.1, -0.05) is 38.8 Å². The Morgan fingerprint density at radius 1 is 0.783 bits per heavy atom. The molecule has 0 heteroatoms. The molecular weight excluding hydrogens is 276 g/mol. The molecule has 0 aromatic heterocycles. The first-order chi connectivity index (χ1) is 11.3. The van der Waals surface area contributed by atoms with Gasteiger partial charge < -0.3 is 0 Å². The molecular formula is C23H40. The zero-order valence-corrected chi connectivity index (χ0v) is 16.2. The number of fused-ring (bicyclic) bond motifs is 5. The van der Waals surface area contributed by atoms with E-state index in [-0.39, 0.29) is 0 Å². The summed E-state index contributed by atoms with van der Waals surface area (Å²) in [7, 11) is 0. The second-order valence-corrected chi connectivity index (χ2v) is 8.85. The highest BCUT2D eigenvalue weighted by molar-refractivity contribution is 5.14. The molecule has 0 radical (unpaired) electrons. The molecule has 23 heavy (non-hydrogen) atoms. The molecule has 0 N–H and O–H groups in total. The maximum Gasteiger partial charge on any atom is -0.0172 e. The van der Waals surface area contributed by atoms with Crippen LogP contribution in [0, 0.1) is 41.4 Å². The lowest BCUT2D eigenvalue weighted by Gasteiger charge is -2.55. The van der Waals surface area contributed by atoms with Crippen LogP contribution in [0.4, 0.5) is 0 Å². The summed E-state index contributed by atoms with van der Waals surface area (Å²) in [5.41, 5.74) is 1.84. The third-order valence-electron chi connectivity index (χ3n) is 8.00. The smallest absolute Gasteiger partial charge is 0.0172 e. The summed E-state index contributed by atoms with van der Waals surface area (Å²) in [5, 5.41) is 0. The molecule has 0 aromatic rings. The van der Waals surface area contributed by atoms with Crippen LogP contribution >= 0.6 is 0 Å². The van der Waals surface area contributed by atoms with Crippen molar-refractivity contribution in [2.24, 2.45) is 41.4 Å². The van der Waals surface area contributed by atoms with E-state index in [0.717, 1.165) is 41.4 Å². The third kappa shape index (κ3) is 3.29. The van der Waals surface area contributed by atoms with Gasteiger partial charge in [-0.2, -0.15) is 0 Å². The number of allylic oxidation sites excluding steroid dienone is 2. The largest absolute Gasteiger partial charge is 0.0882 e. The van der Waals surface area contributed by atoms with Gasteiger partial charge in [0, 0.05) is 0 Å². The van der Waals surface area contributed by atoms with Crippen LogP contribution in [-0.2, 0) is 0 Å². The lowest BCUT2D eigenvalue weighted by atomic mass is 9.50. The summed E-state index contributed by atoms with van der Waals surface area (Å²) >= 11 is 0. The van der Waals surface area contributed by atoms with Gasteiger partial charge in [0.15, 0.2) is 0 Å². The van der Waals surface area contributed by atoms with Crippen molar-refractivity contribution in [3.8, 4) is 0 Å². The molecule has 0 saturated heterocycles. The predicted molar refractivity (Wildman–Crippen MR) is 101 cm³/mol. The van der Waals surface area contributed by atoms with E-state index < -0.39 is 0 Å². The summed E-state index contributed by atoms with van der Waals surface area (Å²) < 4.78 is 0. The van der Waals surface area contributed by atoms with Crippen molar-refractivity contribution in [3.05, 3.63) is 11.6 Å². The lowest BCUT2D eigenvalue weighted by molar-refractivity contribution is -0.0364. The fraction of sp³-hybridized carbons (Fsp3) is 0.913. The van der Waals surface area contributed by atoms with Crippen LogP contribution in [-0.4, -0.2) is 0 Å². The van der Waals surface area contributed by atoms with Crippen molar-refractivity contribution in [1.82, 2.24) is 0 Å². The van der Waals surface area contributed by atoms with Crippen molar-refractivity contribution < 1.29 is 0 Å². The summed E-state index contributed by atoms with van der Waals surface area (Å²) in [6.07, 6.45) is 17.8. The molecule has 4 saturated carbocycles. The number of hydrogen-bond acceptors (Lipinski definition) is 0. The van der Waals surface area contributed by atoms with Crippen LogP contribution in [0.2, 0.25) is 0 Å². The zero-order chi connectivity index (χ0) is 16.4. The van der Waals surface area contributed by atoms with Crippen molar-refractivity contribution in [2.45, 2.75) is 91.9 Å². The van der Waals surface area contributed by atoms with E-state index in [0.29, 0.717) is 0 Å². The minimum atomic E-state index is 0.990. The Balaban J connectivity index is 0.000000753. The van der Waals surface area contributed by atoms with Crippen LogP contribution in [0.5, 0.6) is 0 Å². The number of rotatable bonds is 0. The van der Waals surface area contributed by atoms with E-state index >= 15 is 0 Å². The number of hydrogen-bond donors (Lipinski definition) is 0. The van der Waals surface area contributed by atoms with Crippen LogP contribution in [0.25, 0.3) is 0 Å². The standard InChI is InChI=1S/C21H34.C2H6/c1-3-15-5-4-6-19-17(15)11-12-20-18-9-7-14(2)13-16(18)8-10-21(19)20;1-2/h3,14,16-21H,4-13H2,1-2H3;1-2H3/b15-3-;. The summed E-state index contributed by atoms with van der Waals surface area (Å²) in [5.74, 6) is 7.53. The Morgan fingerprint density at radius 3 is 2.26 bits per heavy atom. The molecule has 4 aliphatic carbocycles. The first-order valence-electron chi connectivity index (χ1n) is 10.9. The van der Waals surface area contributed by atoms with Gasteiger partial charge in [-0.05, 0) is 106 Å². The molecule has 0 spiro atoms. The summed E-state index contributed by atoms with van der Waals surface area (Å²) in [4.78, 5) is 0. The second-order valence-electron chi connectivity index (χ2n) is 8.85. The van der Waals surface area contributed by atoms with E-state index in [2.05, 4.69) is 19.9 Å². The first-order valence-corrected chi connectivity index (χ1v) is 10.9. The van der Waals surface area contributed by atoms with Gasteiger partial charge in [0.25, 0.3) is 0 Å². The molecule has 4 rings (SSSR count). The fourth-order valence-corrected chi connectivity index (χ4v) is 7.16. The first kappa shape index (κ1) is 17.6. The Morgan fingerprint density at radius 2 is 1.48 bits per heavy atom. The average molecular weight is 317 g/mol. The maximum absolute atomic E-state index is 2.50. The highest BCUT2D eigenvalue weighted by atomic mass is 14.5. The van der Waals surface area contributed by atoms with E-state index in [1.165, 1.54) is 25.7 Å². The predicted octanol–water partition coefficient (Wildman–Crippen LogP) is 7.25. The molecule has 7 atom stereocenters. The fourth-order valence-electron chi connectivity index (χ4n) is 7.16. The molecule has 7 unspecified atom stereocenters. The Kier molecular flexibility index (Phi) is 5.92. The zero-order valence-electron chi connectivity index (χ0n) is 16.2. The van der Waals surface area contributed by atoms with Crippen molar-refractivity contribution in [2.75, 3.05) is 0 Å². The van der Waals surface area contributed by atoms with E-state index in [4.69, 9.17) is 0 Å². The molecule has 0 nitrogen and oxygen atoms in total. The molecule has 0 aromatic carbocycles. The van der Waals surface area contributed by atoms with Crippen LogP contribution in [0.15, 0.2) is 11.6 Å². The van der Waals surface area contributed by atoms with Crippen LogP contribution in [0.1, 0.15) is 91.9 Å². The minimum absolute atomic E-state index is 0.990. The Hall–Kier alpha value is -0.260. The van der Waals surface area contributed by atoms with Gasteiger partial charge >= 0.3 is 0 Å². The Bertz CT molecular complexity index is 406. The molecule has 0 amide bonds. The van der Waals surface area contributed by atoms with Gasteiger partial charge in [-0.15, -0.1) is 0 Å². The van der Waals surface area contributed by atoms with E-state index in [9.17, 15) is 0 Å². The normalized spacial score (nSPS) is 47.7. The summed E-state index contributed by atoms with van der Waals surface area (Å²) in [6.45, 7) is 8.79. The van der Waals surface area contributed by atoms with Crippen molar-refractivity contribution >= 4 is 0 Å². The highest BCUT2D eigenvalue weighted by Crippen LogP contribution is 2.58. The quantitative estimate of drug-likeness (QED) is 0.413. The molecule has 0 bridgehead atoms. The van der Waals surface area contributed by atoms with Gasteiger partial charge in [0.1, 0.15) is 0 Å². The van der Waals surface area contributed by atoms with Gasteiger partial charge in [-0.3, -0.25) is 0 Å². The maximum atomic E-state index is 2.50. The SMILES string of the molecule is C/C=C1/CCCC2C1CCC1C3CCC(C)CC3CCC21.CC. The van der Waals surface area contributed by atoms with Crippen LogP contribution in [0.3, 0.4) is 0 Å². The summed E-state index contributed by atoms with van der Waals surface area (Å²) in [6, 6.07) is 0. The van der Waals surface area contributed by atoms with Crippen molar-refractivity contribution in [1.29, 1.82) is 0 Å². The average Bonchev–Trinajstić information content (AvgIpc) is 2.61. The van der Waals surface area contributed by atoms with Gasteiger partial charge in [-0.25, -0.2) is 0 Å².